The highest BCUT2D eigenvalue weighted by Crippen LogP contribution is 2.17. The molecular weight excluding hydrogens is 242 g/mol. The van der Waals surface area contributed by atoms with Gasteiger partial charge >= 0.3 is 0 Å². The molecule has 0 aliphatic rings. The van der Waals surface area contributed by atoms with E-state index in [4.69, 9.17) is 0 Å². The summed E-state index contributed by atoms with van der Waals surface area (Å²) in [7, 11) is 4.21. The highest BCUT2D eigenvalue weighted by Gasteiger charge is 2.06. The first kappa shape index (κ1) is 13.4. The molecule has 0 saturated carbocycles. The molecule has 1 aromatic carbocycles. The Hall–Kier alpha value is -1.00. The molecule has 0 fully saturated rings. The minimum atomic E-state index is 0.947. The molecule has 0 aliphatic heterocycles. The van der Waals surface area contributed by atoms with Gasteiger partial charge in [-0.1, -0.05) is 6.07 Å². The van der Waals surface area contributed by atoms with Crippen molar-refractivity contribution in [2.45, 2.75) is 19.9 Å². The number of thiol groups is 1. The fourth-order valence-electron chi connectivity index (χ4n) is 2.20. The second-order valence-electron chi connectivity index (χ2n) is 4.86. The van der Waals surface area contributed by atoms with Crippen molar-refractivity contribution in [1.82, 2.24) is 14.5 Å². The summed E-state index contributed by atoms with van der Waals surface area (Å²) in [6.07, 6.45) is 1.13. The second-order valence-corrected chi connectivity index (χ2v) is 5.30. The zero-order valence-electron chi connectivity index (χ0n) is 11.3. The number of rotatable bonds is 5. The van der Waals surface area contributed by atoms with Crippen LogP contribution < -0.4 is 0 Å². The van der Waals surface area contributed by atoms with Crippen LogP contribution in [0.2, 0.25) is 0 Å². The maximum absolute atomic E-state index is 4.58. The lowest BCUT2D eigenvalue weighted by molar-refractivity contribution is 0.329. The average molecular weight is 263 g/mol. The molecule has 1 heterocycles. The van der Waals surface area contributed by atoms with E-state index in [-0.39, 0.29) is 0 Å². The molecule has 0 radical (unpaired) electrons. The van der Waals surface area contributed by atoms with Crippen molar-refractivity contribution in [2.24, 2.45) is 7.05 Å². The number of benzene rings is 1. The molecule has 0 saturated heterocycles. The summed E-state index contributed by atoms with van der Waals surface area (Å²) in [5.74, 6) is 2.01. The molecular formula is C14H21N3S. The third-order valence-electron chi connectivity index (χ3n) is 3.32. The average Bonchev–Trinajstić information content (AvgIpc) is 2.62. The van der Waals surface area contributed by atoms with Crippen LogP contribution in [0.3, 0.4) is 0 Å². The van der Waals surface area contributed by atoms with E-state index in [0.717, 1.165) is 36.6 Å². The summed E-state index contributed by atoms with van der Waals surface area (Å²) in [5, 5.41) is 0. The lowest BCUT2D eigenvalue weighted by atomic mass is 10.2. The van der Waals surface area contributed by atoms with Crippen molar-refractivity contribution in [3.05, 3.63) is 29.6 Å². The molecule has 0 unspecified atom stereocenters. The van der Waals surface area contributed by atoms with Gasteiger partial charge < -0.3 is 9.47 Å². The summed E-state index contributed by atoms with van der Waals surface area (Å²) in [6.45, 7) is 4.10. The number of aryl methyl sites for hydroxylation is 2. The van der Waals surface area contributed by atoms with Crippen molar-refractivity contribution >= 4 is 23.7 Å². The van der Waals surface area contributed by atoms with Gasteiger partial charge in [-0.3, -0.25) is 0 Å². The van der Waals surface area contributed by atoms with Gasteiger partial charge in [-0.05, 0) is 50.4 Å². The van der Waals surface area contributed by atoms with Gasteiger partial charge in [0.15, 0.2) is 0 Å². The van der Waals surface area contributed by atoms with E-state index in [1.165, 1.54) is 11.1 Å². The Morgan fingerprint density at radius 2 is 2.17 bits per heavy atom. The van der Waals surface area contributed by atoms with E-state index in [1.807, 2.05) is 6.92 Å². The monoisotopic (exact) mass is 263 g/mol. The first-order valence-electron chi connectivity index (χ1n) is 6.33. The predicted octanol–water partition coefficient (Wildman–Crippen LogP) is 2.63. The molecule has 18 heavy (non-hydrogen) atoms. The molecule has 0 aliphatic carbocycles. The predicted molar refractivity (Wildman–Crippen MR) is 80.3 cm³/mol. The number of fused-ring (bicyclic) bond motifs is 1. The molecule has 98 valence electrons. The fourth-order valence-corrected chi connectivity index (χ4v) is 2.34. The van der Waals surface area contributed by atoms with E-state index >= 15 is 0 Å². The molecule has 0 N–H and O–H groups in total. The molecule has 0 spiro atoms. The summed E-state index contributed by atoms with van der Waals surface area (Å²) >= 11 is 4.24. The number of hydrogen-bond acceptors (Lipinski definition) is 3. The summed E-state index contributed by atoms with van der Waals surface area (Å²) in [6, 6.07) is 6.55. The van der Waals surface area contributed by atoms with Gasteiger partial charge in [0.1, 0.15) is 5.82 Å². The first-order valence-corrected chi connectivity index (χ1v) is 6.96. The van der Waals surface area contributed by atoms with Crippen molar-refractivity contribution in [1.29, 1.82) is 0 Å². The van der Waals surface area contributed by atoms with Crippen LogP contribution in [0, 0.1) is 6.92 Å². The quantitative estimate of drug-likeness (QED) is 0.837. The normalized spacial score (nSPS) is 11.6. The Bertz CT molecular complexity index is 533. The zero-order valence-corrected chi connectivity index (χ0v) is 12.2. The molecule has 3 nitrogen and oxygen atoms in total. The highest BCUT2D eigenvalue weighted by atomic mass is 32.1. The smallest absolute Gasteiger partial charge is 0.106 e. The van der Waals surface area contributed by atoms with Gasteiger partial charge in [-0.25, -0.2) is 4.98 Å². The van der Waals surface area contributed by atoms with Gasteiger partial charge in [0.25, 0.3) is 0 Å². The SMILES string of the molecule is Cc1nc2cc(CN(C)CCCS)ccc2n1C. The Labute approximate surface area is 114 Å². The number of aromatic nitrogens is 2. The van der Waals surface area contributed by atoms with Crippen LogP contribution in [-0.4, -0.2) is 33.8 Å². The minimum absolute atomic E-state index is 0.947. The van der Waals surface area contributed by atoms with Crippen molar-refractivity contribution in [2.75, 3.05) is 19.3 Å². The van der Waals surface area contributed by atoms with Gasteiger partial charge in [0, 0.05) is 13.6 Å². The van der Waals surface area contributed by atoms with Crippen molar-refractivity contribution < 1.29 is 0 Å². The van der Waals surface area contributed by atoms with E-state index in [9.17, 15) is 0 Å². The van der Waals surface area contributed by atoms with Crippen LogP contribution in [-0.2, 0) is 13.6 Å². The minimum Gasteiger partial charge on any atom is -0.331 e. The molecule has 0 amide bonds. The van der Waals surface area contributed by atoms with E-state index < -0.39 is 0 Å². The Morgan fingerprint density at radius 3 is 2.89 bits per heavy atom. The number of nitrogens with zero attached hydrogens (tertiary/aromatic N) is 3. The lowest BCUT2D eigenvalue weighted by Crippen LogP contribution is -2.19. The maximum Gasteiger partial charge on any atom is 0.106 e. The van der Waals surface area contributed by atoms with Crippen molar-refractivity contribution in [3.63, 3.8) is 0 Å². The first-order chi connectivity index (χ1) is 8.61. The summed E-state index contributed by atoms with van der Waals surface area (Å²) in [4.78, 5) is 6.90. The van der Waals surface area contributed by atoms with Crippen LogP contribution in [0.4, 0.5) is 0 Å². The van der Waals surface area contributed by atoms with Crippen LogP contribution in [0.25, 0.3) is 11.0 Å². The second kappa shape index (κ2) is 5.76. The van der Waals surface area contributed by atoms with Gasteiger partial charge in [0.05, 0.1) is 11.0 Å². The molecule has 2 aromatic rings. The Kier molecular flexibility index (Phi) is 4.30. The third-order valence-corrected chi connectivity index (χ3v) is 3.64. The summed E-state index contributed by atoms with van der Waals surface area (Å²) in [5.41, 5.74) is 3.62. The van der Waals surface area contributed by atoms with Crippen LogP contribution in [0.15, 0.2) is 18.2 Å². The zero-order chi connectivity index (χ0) is 13.1. The topological polar surface area (TPSA) is 21.1 Å². The van der Waals surface area contributed by atoms with Crippen molar-refractivity contribution in [3.8, 4) is 0 Å². The molecule has 0 bridgehead atoms. The maximum atomic E-state index is 4.58. The Morgan fingerprint density at radius 1 is 1.39 bits per heavy atom. The largest absolute Gasteiger partial charge is 0.331 e. The summed E-state index contributed by atoms with van der Waals surface area (Å²) < 4.78 is 2.13. The van der Waals surface area contributed by atoms with Crippen LogP contribution >= 0.6 is 12.6 Å². The standard InChI is InChI=1S/C14H21N3S/c1-11-15-13-9-12(5-6-14(13)17(11)3)10-16(2)7-4-8-18/h5-6,9,18H,4,7-8,10H2,1-3H3. The molecule has 4 heteroatoms. The van der Waals surface area contributed by atoms with E-state index in [0.29, 0.717) is 0 Å². The number of hydrogen-bond donors (Lipinski definition) is 1. The van der Waals surface area contributed by atoms with Gasteiger partial charge in [-0.2, -0.15) is 12.6 Å². The van der Waals surface area contributed by atoms with Crippen LogP contribution in [0.1, 0.15) is 17.8 Å². The molecule has 1 aromatic heterocycles. The van der Waals surface area contributed by atoms with Gasteiger partial charge in [-0.15, -0.1) is 0 Å². The molecule has 0 atom stereocenters. The third kappa shape index (κ3) is 2.87. The van der Waals surface area contributed by atoms with E-state index in [2.05, 4.69) is 59.4 Å². The van der Waals surface area contributed by atoms with E-state index in [1.54, 1.807) is 0 Å². The van der Waals surface area contributed by atoms with Gasteiger partial charge in [0.2, 0.25) is 0 Å². The van der Waals surface area contributed by atoms with Crippen LogP contribution in [0.5, 0.6) is 0 Å². The Balaban J connectivity index is 2.15. The lowest BCUT2D eigenvalue weighted by Gasteiger charge is -2.15. The number of imidazole rings is 1. The fraction of sp³-hybridized carbons (Fsp3) is 0.500. The highest BCUT2D eigenvalue weighted by molar-refractivity contribution is 7.80. The molecule has 2 rings (SSSR count).